The Kier molecular flexibility index (Phi) is 5.37. The van der Waals surface area contributed by atoms with Crippen molar-refractivity contribution in [2.45, 2.75) is 25.2 Å². The summed E-state index contributed by atoms with van der Waals surface area (Å²) in [6, 6.07) is 10.1. The Labute approximate surface area is 132 Å². The molecular weight excluding hydrogens is 298 g/mol. The normalized spacial score (nSPS) is 13.5. The molecule has 2 rings (SSSR count). The lowest BCUT2D eigenvalue weighted by Gasteiger charge is -2.21. The highest BCUT2D eigenvalue weighted by molar-refractivity contribution is 7.89. The number of hydrogen-bond acceptors (Lipinski definition) is 3. The number of rotatable bonds is 7. The number of nitrogens with one attached hydrogen (secondary N) is 1. The summed E-state index contributed by atoms with van der Waals surface area (Å²) in [7, 11) is -1.79. The van der Waals surface area contributed by atoms with E-state index in [1.54, 1.807) is 7.05 Å². The van der Waals surface area contributed by atoms with Gasteiger partial charge in [-0.05, 0) is 23.8 Å². The number of hydrogen-bond donors (Lipinski definition) is 1. The summed E-state index contributed by atoms with van der Waals surface area (Å²) in [6.07, 6.45) is 3.72. The van der Waals surface area contributed by atoms with Crippen LogP contribution in [-0.2, 0) is 23.5 Å². The summed E-state index contributed by atoms with van der Waals surface area (Å²) in [4.78, 5) is 0.206. The molecule has 2 aromatic rings. The molecule has 0 saturated heterocycles. The summed E-state index contributed by atoms with van der Waals surface area (Å²) in [6.45, 7) is 4.65. The number of benzene rings is 1. The van der Waals surface area contributed by atoms with Gasteiger partial charge in [-0.15, -0.1) is 0 Å². The standard InChI is InChI=1S/C16H23N3O2S/c1-13(2)15(9-14-7-5-4-6-8-14)10-18-22(20,21)16-11-17-19(3)12-16/h4-8,11-13,15,18H,9-10H2,1-3H3/t15-/m0/s1. The molecule has 0 saturated carbocycles. The van der Waals surface area contributed by atoms with Crippen molar-refractivity contribution < 1.29 is 8.42 Å². The Balaban J connectivity index is 2.03. The van der Waals surface area contributed by atoms with E-state index in [0.717, 1.165) is 6.42 Å². The average Bonchev–Trinajstić information content (AvgIpc) is 2.92. The third-order valence-corrected chi connectivity index (χ3v) is 5.19. The molecule has 5 nitrogen and oxygen atoms in total. The largest absolute Gasteiger partial charge is 0.274 e. The third kappa shape index (κ3) is 4.42. The first-order valence-electron chi connectivity index (χ1n) is 7.40. The summed E-state index contributed by atoms with van der Waals surface area (Å²) in [5.41, 5.74) is 1.22. The van der Waals surface area contributed by atoms with Gasteiger partial charge in [0.05, 0.1) is 6.20 Å². The maximum atomic E-state index is 12.3. The molecule has 1 atom stereocenters. The zero-order valence-electron chi connectivity index (χ0n) is 13.2. The van der Waals surface area contributed by atoms with Gasteiger partial charge in [0.1, 0.15) is 4.90 Å². The smallest absolute Gasteiger partial charge is 0.243 e. The van der Waals surface area contributed by atoms with Gasteiger partial charge in [0.15, 0.2) is 0 Å². The van der Waals surface area contributed by atoms with E-state index in [1.165, 1.54) is 22.6 Å². The molecule has 1 N–H and O–H groups in total. The maximum Gasteiger partial charge on any atom is 0.243 e. The number of aromatic nitrogens is 2. The lowest BCUT2D eigenvalue weighted by Crippen LogP contribution is -2.32. The summed E-state index contributed by atoms with van der Waals surface area (Å²) >= 11 is 0. The van der Waals surface area contributed by atoms with E-state index in [9.17, 15) is 8.42 Å². The molecule has 1 aromatic heterocycles. The third-order valence-electron chi connectivity index (χ3n) is 3.81. The van der Waals surface area contributed by atoms with Crippen LogP contribution in [0.15, 0.2) is 47.6 Å². The van der Waals surface area contributed by atoms with Gasteiger partial charge in [-0.25, -0.2) is 13.1 Å². The highest BCUT2D eigenvalue weighted by atomic mass is 32.2. The predicted molar refractivity (Wildman–Crippen MR) is 86.9 cm³/mol. The van der Waals surface area contributed by atoms with Crippen LogP contribution in [-0.4, -0.2) is 24.7 Å². The van der Waals surface area contributed by atoms with Crippen LogP contribution >= 0.6 is 0 Å². The molecule has 0 amide bonds. The van der Waals surface area contributed by atoms with Crippen LogP contribution < -0.4 is 4.72 Å². The lowest BCUT2D eigenvalue weighted by atomic mass is 9.89. The average molecular weight is 321 g/mol. The fourth-order valence-corrected chi connectivity index (χ4v) is 3.38. The van der Waals surface area contributed by atoms with Gasteiger partial charge in [-0.1, -0.05) is 44.2 Å². The molecule has 22 heavy (non-hydrogen) atoms. The SMILES string of the molecule is CC(C)[C@H](CNS(=O)(=O)c1cnn(C)c1)Cc1ccccc1. The molecule has 0 fully saturated rings. The van der Waals surface area contributed by atoms with E-state index < -0.39 is 10.0 Å². The minimum atomic E-state index is -3.49. The molecular formula is C16H23N3O2S. The minimum Gasteiger partial charge on any atom is -0.274 e. The molecule has 120 valence electrons. The van der Waals surface area contributed by atoms with E-state index in [1.807, 2.05) is 18.2 Å². The second-order valence-corrected chi connectivity index (χ2v) is 7.66. The van der Waals surface area contributed by atoms with E-state index in [4.69, 9.17) is 0 Å². The van der Waals surface area contributed by atoms with Crippen molar-refractivity contribution >= 4 is 10.0 Å². The molecule has 0 aliphatic carbocycles. The fraction of sp³-hybridized carbons (Fsp3) is 0.438. The zero-order chi connectivity index (χ0) is 16.2. The molecule has 0 bridgehead atoms. The first-order chi connectivity index (χ1) is 10.4. The van der Waals surface area contributed by atoms with Crippen LogP contribution in [0.3, 0.4) is 0 Å². The summed E-state index contributed by atoms with van der Waals surface area (Å²) in [5.74, 6) is 0.630. The monoisotopic (exact) mass is 321 g/mol. The molecule has 1 heterocycles. The van der Waals surface area contributed by atoms with Gasteiger partial charge in [0.2, 0.25) is 10.0 Å². The summed E-state index contributed by atoms with van der Waals surface area (Å²) in [5, 5.41) is 3.91. The van der Waals surface area contributed by atoms with E-state index in [-0.39, 0.29) is 10.8 Å². The molecule has 0 aliphatic rings. The van der Waals surface area contributed by atoms with Crippen LogP contribution in [0, 0.1) is 11.8 Å². The molecule has 0 spiro atoms. The van der Waals surface area contributed by atoms with Crippen molar-refractivity contribution in [2.24, 2.45) is 18.9 Å². The topological polar surface area (TPSA) is 64.0 Å². The van der Waals surface area contributed by atoms with E-state index in [0.29, 0.717) is 12.5 Å². The van der Waals surface area contributed by atoms with Crippen LogP contribution in [0.2, 0.25) is 0 Å². The first kappa shape index (κ1) is 16.7. The Hall–Kier alpha value is -1.66. The van der Waals surface area contributed by atoms with Gasteiger partial charge >= 0.3 is 0 Å². The van der Waals surface area contributed by atoms with Gasteiger partial charge in [-0.3, -0.25) is 4.68 Å². The van der Waals surface area contributed by atoms with Crippen molar-refractivity contribution in [2.75, 3.05) is 6.54 Å². The van der Waals surface area contributed by atoms with E-state index in [2.05, 4.69) is 35.8 Å². The predicted octanol–water partition coefficient (Wildman–Crippen LogP) is 2.21. The number of nitrogens with zero attached hydrogens (tertiary/aromatic N) is 2. The van der Waals surface area contributed by atoms with Gasteiger partial charge in [0.25, 0.3) is 0 Å². The molecule has 6 heteroatoms. The Morgan fingerprint density at radius 2 is 1.91 bits per heavy atom. The van der Waals surface area contributed by atoms with Gasteiger partial charge in [0, 0.05) is 19.8 Å². The van der Waals surface area contributed by atoms with Crippen LogP contribution in [0.25, 0.3) is 0 Å². The molecule has 0 unspecified atom stereocenters. The van der Waals surface area contributed by atoms with Crippen LogP contribution in [0.1, 0.15) is 19.4 Å². The fourth-order valence-electron chi connectivity index (χ4n) is 2.30. The zero-order valence-corrected chi connectivity index (χ0v) is 14.0. The lowest BCUT2D eigenvalue weighted by molar-refractivity contribution is 0.379. The number of sulfonamides is 1. The second kappa shape index (κ2) is 7.07. The van der Waals surface area contributed by atoms with Gasteiger partial charge < -0.3 is 0 Å². The van der Waals surface area contributed by atoms with Crippen molar-refractivity contribution in [3.05, 3.63) is 48.3 Å². The van der Waals surface area contributed by atoms with Crippen molar-refractivity contribution in [1.29, 1.82) is 0 Å². The first-order valence-corrected chi connectivity index (χ1v) is 8.89. The highest BCUT2D eigenvalue weighted by Gasteiger charge is 2.20. The molecule has 0 radical (unpaired) electrons. The Bertz CT molecular complexity index is 693. The number of aryl methyl sites for hydroxylation is 1. The van der Waals surface area contributed by atoms with Crippen molar-refractivity contribution in [3.63, 3.8) is 0 Å². The van der Waals surface area contributed by atoms with E-state index >= 15 is 0 Å². The van der Waals surface area contributed by atoms with Crippen molar-refractivity contribution in [3.8, 4) is 0 Å². The minimum absolute atomic E-state index is 0.206. The molecule has 0 aliphatic heterocycles. The van der Waals surface area contributed by atoms with Crippen LogP contribution in [0.4, 0.5) is 0 Å². The summed E-state index contributed by atoms with van der Waals surface area (Å²) < 4.78 is 28.7. The maximum absolute atomic E-state index is 12.3. The quantitative estimate of drug-likeness (QED) is 0.850. The Morgan fingerprint density at radius 1 is 1.23 bits per heavy atom. The second-order valence-electron chi connectivity index (χ2n) is 5.90. The van der Waals surface area contributed by atoms with Crippen LogP contribution in [0.5, 0.6) is 0 Å². The van der Waals surface area contributed by atoms with Gasteiger partial charge in [-0.2, -0.15) is 5.10 Å². The Morgan fingerprint density at radius 3 is 2.45 bits per heavy atom. The van der Waals surface area contributed by atoms with Crippen molar-refractivity contribution in [1.82, 2.24) is 14.5 Å². The molecule has 1 aromatic carbocycles. The highest BCUT2D eigenvalue weighted by Crippen LogP contribution is 2.17.